The summed E-state index contributed by atoms with van der Waals surface area (Å²) < 4.78 is 4.93. The van der Waals surface area contributed by atoms with Crippen LogP contribution in [0.3, 0.4) is 0 Å². The molecule has 0 bridgehead atoms. The molecule has 1 rings (SSSR count). The number of carboxylic acid groups (broad SMARTS) is 1. The van der Waals surface area contributed by atoms with Crippen LogP contribution in [-0.2, 0) is 9.53 Å². The van der Waals surface area contributed by atoms with Crippen molar-refractivity contribution in [3.63, 3.8) is 0 Å². The first kappa shape index (κ1) is 15.7. The Labute approximate surface area is 119 Å². The first-order chi connectivity index (χ1) is 8.93. The second-order valence-corrected chi connectivity index (χ2v) is 4.43. The minimum atomic E-state index is -1.00. The highest BCUT2D eigenvalue weighted by molar-refractivity contribution is 6.41. The van der Waals surface area contributed by atoms with Crippen molar-refractivity contribution >= 4 is 35.1 Å². The number of nitrogens with one attached hydrogen (secondary N) is 1. The van der Waals surface area contributed by atoms with E-state index in [2.05, 4.69) is 10.3 Å². The van der Waals surface area contributed by atoms with E-state index in [-0.39, 0.29) is 28.7 Å². The Bertz CT molecular complexity index is 482. The van der Waals surface area contributed by atoms with Gasteiger partial charge in [-0.05, 0) is 6.07 Å². The summed E-state index contributed by atoms with van der Waals surface area (Å²) in [6.45, 7) is 0.0713. The van der Waals surface area contributed by atoms with Gasteiger partial charge in [0, 0.05) is 19.9 Å². The Morgan fingerprint density at radius 3 is 2.74 bits per heavy atom. The number of ether oxygens (including phenoxy) is 1. The third-order valence-electron chi connectivity index (χ3n) is 2.28. The average molecular weight is 307 g/mol. The minimum absolute atomic E-state index is 0.0713. The topological polar surface area (TPSA) is 88.5 Å². The van der Waals surface area contributed by atoms with Crippen molar-refractivity contribution in [2.45, 2.75) is 12.5 Å². The quantitative estimate of drug-likeness (QED) is 0.779. The molecule has 1 amide bonds. The van der Waals surface area contributed by atoms with Crippen molar-refractivity contribution in [2.24, 2.45) is 0 Å². The summed E-state index contributed by atoms with van der Waals surface area (Å²) in [6.07, 6.45) is 0.482. The predicted octanol–water partition coefficient (Wildman–Crippen LogP) is 1.61. The number of hydrogen-bond donors (Lipinski definition) is 2. The normalized spacial score (nSPS) is 11.9. The van der Waals surface area contributed by atoms with Gasteiger partial charge in [0.15, 0.2) is 0 Å². The van der Waals surface area contributed by atoms with E-state index in [1.807, 2.05) is 0 Å². The van der Waals surface area contributed by atoms with E-state index in [0.717, 1.165) is 0 Å². The smallest absolute Gasteiger partial charge is 0.306 e. The van der Waals surface area contributed by atoms with Gasteiger partial charge in [-0.25, -0.2) is 4.98 Å². The van der Waals surface area contributed by atoms with Gasteiger partial charge in [0.05, 0.1) is 23.1 Å². The summed E-state index contributed by atoms with van der Waals surface area (Å²) in [4.78, 5) is 26.0. The predicted molar refractivity (Wildman–Crippen MR) is 69.6 cm³/mol. The number of methoxy groups -OCH3 is 1. The Morgan fingerprint density at radius 2 is 2.21 bits per heavy atom. The number of pyridine rings is 1. The van der Waals surface area contributed by atoms with Gasteiger partial charge in [-0.2, -0.15) is 0 Å². The second kappa shape index (κ2) is 7.28. The van der Waals surface area contributed by atoms with E-state index in [9.17, 15) is 9.59 Å². The maximum absolute atomic E-state index is 11.8. The third-order valence-corrected chi connectivity index (χ3v) is 2.97. The lowest BCUT2D eigenvalue weighted by atomic mass is 10.2. The van der Waals surface area contributed by atoms with Crippen molar-refractivity contribution in [2.75, 3.05) is 13.7 Å². The van der Waals surface area contributed by atoms with E-state index >= 15 is 0 Å². The van der Waals surface area contributed by atoms with E-state index in [0.29, 0.717) is 0 Å². The van der Waals surface area contributed by atoms with Crippen molar-refractivity contribution in [3.8, 4) is 0 Å². The van der Waals surface area contributed by atoms with Crippen molar-refractivity contribution < 1.29 is 19.4 Å². The van der Waals surface area contributed by atoms with E-state index in [1.165, 1.54) is 19.4 Å². The first-order valence-corrected chi connectivity index (χ1v) is 6.03. The molecule has 0 spiro atoms. The van der Waals surface area contributed by atoms with Crippen LogP contribution in [0.4, 0.5) is 0 Å². The zero-order valence-corrected chi connectivity index (χ0v) is 11.5. The molecule has 6 nitrogen and oxygen atoms in total. The summed E-state index contributed by atoms with van der Waals surface area (Å²) >= 11 is 11.4. The molecule has 1 aromatic heterocycles. The molecule has 104 valence electrons. The molecule has 1 unspecified atom stereocenters. The number of carboxylic acids is 1. The highest BCUT2D eigenvalue weighted by Gasteiger charge is 2.15. The molecule has 8 heteroatoms. The SMILES string of the molecule is COC(CNC(=O)c1cnc(Cl)c(Cl)c1)CC(=O)O. The summed E-state index contributed by atoms with van der Waals surface area (Å²) in [5, 5.41) is 11.4. The van der Waals surface area contributed by atoms with Gasteiger partial charge in [-0.3, -0.25) is 9.59 Å². The molecule has 1 heterocycles. The second-order valence-electron chi connectivity index (χ2n) is 3.66. The van der Waals surface area contributed by atoms with Gasteiger partial charge in [-0.15, -0.1) is 0 Å². The molecule has 0 fully saturated rings. The van der Waals surface area contributed by atoms with Gasteiger partial charge < -0.3 is 15.2 Å². The number of aliphatic carboxylic acids is 1. The van der Waals surface area contributed by atoms with Crippen molar-refractivity contribution in [1.82, 2.24) is 10.3 Å². The fraction of sp³-hybridized carbons (Fsp3) is 0.364. The molecule has 0 aliphatic carbocycles. The molecule has 19 heavy (non-hydrogen) atoms. The van der Waals surface area contributed by atoms with Crippen LogP contribution in [0.15, 0.2) is 12.3 Å². The molecule has 1 atom stereocenters. The van der Waals surface area contributed by atoms with Crippen LogP contribution in [0, 0.1) is 0 Å². The maximum atomic E-state index is 11.8. The van der Waals surface area contributed by atoms with Crippen LogP contribution in [0.25, 0.3) is 0 Å². The average Bonchev–Trinajstić information content (AvgIpc) is 2.36. The third kappa shape index (κ3) is 5.02. The van der Waals surface area contributed by atoms with Crippen LogP contribution >= 0.6 is 23.2 Å². The zero-order chi connectivity index (χ0) is 14.4. The highest BCUT2D eigenvalue weighted by atomic mass is 35.5. The van der Waals surface area contributed by atoms with E-state index in [4.69, 9.17) is 33.0 Å². The molecule has 0 radical (unpaired) electrons. The number of aromatic nitrogens is 1. The summed E-state index contributed by atoms with van der Waals surface area (Å²) in [6, 6.07) is 1.38. The summed E-state index contributed by atoms with van der Waals surface area (Å²) in [5.41, 5.74) is 0.236. The lowest BCUT2D eigenvalue weighted by Crippen LogP contribution is -2.34. The maximum Gasteiger partial charge on any atom is 0.306 e. The lowest BCUT2D eigenvalue weighted by Gasteiger charge is -2.13. The van der Waals surface area contributed by atoms with Crippen LogP contribution in [0.2, 0.25) is 10.2 Å². The number of nitrogens with zero attached hydrogens (tertiary/aromatic N) is 1. The standard InChI is InChI=1S/C11H12Cl2N2O4/c1-19-7(3-9(16)17)5-15-11(18)6-2-8(12)10(13)14-4-6/h2,4,7H,3,5H2,1H3,(H,15,18)(H,16,17). The van der Waals surface area contributed by atoms with Gasteiger partial charge in [0.1, 0.15) is 5.15 Å². The number of hydrogen-bond acceptors (Lipinski definition) is 4. The summed E-state index contributed by atoms with van der Waals surface area (Å²) in [5.74, 6) is -1.43. The summed E-state index contributed by atoms with van der Waals surface area (Å²) in [7, 11) is 1.38. The fourth-order valence-corrected chi connectivity index (χ4v) is 1.56. The monoisotopic (exact) mass is 306 g/mol. The van der Waals surface area contributed by atoms with Crippen LogP contribution in [0.5, 0.6) is 0 Å². The number of carbonyl (C=O) groups is 2. The Kier molecular flexibility index (Phi) is 6.01. The largest absolute Gasteiger partial charge is 0.481 e. The molecular weight excluding hydrogens is 295 g/mol. The van der Waals surface area contributed by atoms with Gasteiger partial charge in [0.25, 0.3) is 5.91 Å². The lowest BCUT2D eigenvalue weighted by molar-refractivity contribution is -0.139. The van der Waals surface area contributed by atoms with Crippen LogP contribution in [-0.4, -0.2) is 41.7 Å². The van der Waals surface area contributed by atoms with Crippen molar-refractivity contribution in [1.29, 1.82) is 0 Å². The molecule has 0 aliphatic heterocycles. The molecule has 1 aromatic rings. The fourth-order valence-electron chi connectivity index (χ4n) is 1.29. The molecular formula is C11H12Cl2N2O4. The van der Waals surface area contributed by atoms with Gasteiger partial charge in [0.2, 0.25) is 0 Å². The number of halogens is 2. The molecule has 0 aromatic carbocycles. The molecule has 0 saturated carbocycles. The molecule has 0 aliphatic rings. The zero-order valence-electron chi connectivity index (χ0n) is 10.0. The molecule has 0 saturated heterocycles. The highest BCUT2D eigenvalue weighted by Crippen LogP contribution is 2.19. The minimum Gasteiger partial charge on any atom is -0.481 e. The van der Waals surface area contributed by atoms with E-state index < -0.39 is 18.0 Å². The number of carbonyl (C=O) groups excluding carboxylic acids is 1. The van der Waals surface area contributed by atoms with Gasteiger partial charge >= 0.3 is 5.97 Å². The number of amides is 1. The van der Waals surface area contributed by atoms with Gasteiger partial charge in [-0.1, -0.05) is 23.2 Å². The van der Waals surface area contributed by atoms with E-state index in [1.54, 1.807) is 0 Å². The van der Waals surface area contributed by atoms with Crippen LogP contribution in [0.1, 0.15) is 16.8 Å². The van der Waals surface area contributed by atoms with Crippen molar-refractivity contribution in [3.05, 3.63) is 28.0 Å². The Morgan fingerprint density at radius 1 is 1.53 bits per heavy atom. The molecule has 2 N–H and O–H groups in total. The Hall–Kier alpha value is -1.37. The first-order valence-electron chi connectivity index (χ1n) is 5.28. The number of rotatable bonds is 6. The van der Waals surface area contributed by atoms with Crippen LogP contribution < -0.4 is 5.32 Å². The Balaban J connectivity index is 2.59.